The molecule has 1 atom stereocenters. The average Bonchev–Trinajstić information content (AvgIpc) is 3.12. The molecule has 6 heteroatoms. The molecule has 3 rings (SSSR count). The number of amides is 1. The summed E-state index contributed by atoms with van der Waals surface area (Å²) in [6.45, 7) is 11.8. The fraction of sp³-hybridized carbons (Fsp3) is 0.545. The van der Waals surface area contributed by atoms with E-state index in [1.54, 1.807) is 12.1 Å². The number of carbonyl (C=O) groups is 1. The summed E-state index contributed by atoms with van der Waals surface area (Å²) in [5.74, 6) is 0.609. The molecule has 2 aromatic rings. The van der Waals surface area contributed by atoms with E-state index in [4.69, 9.17) is 5.10 Å². The quantitative estimate of drug-likeness (QED) is 0.753. The van der Waals surface area contributed by atoms with Crippen molar-refractivity contribution in [2.75, 3.05) is 31.1 Å². The molecule has 1 unspecified atom stereocenters. The van der Waals surface area contributed by atoms with Gasteiger partial charge in [-0.1, -0.05) is 27.7 Å². The predicted molar refractivity (Wildman–Crippen MR) is 110 cm³/mol. The lowest BCUT2D eigenvalue weighted by Gasteiger charge is -2.36. The van der Waals surface area contributed by atoms with Crippen LogP contribution in [0, 0.1) is 5.82 Å². The van der Waals surface area contributed by atoms with E-state index in [1.807, 2.05) is 9.58 Å². The van der Waals surface area contributed by atoms with Crippen molar-refractivity contribution in [1.82, 2.24) is 14.7 Å². The number of hydrogen-bond donors (Lipinski definition) is 0. The summed E-state index contributed by atoms with van der Waals surface area (Å²) in [6.07, 6.45) is 1.02. The van der Waals surface area contributed by atoms with Crippen LogP contribution in [0.15, 0.2) is 30.3 Å². The zero-order valence-electron chi connectivity index (χ0n) is 17.4. The summed E-state index contributed by atoms with van der Waals surface area (Å²) in [7, 11) is 0. The van der Waals surface area contributed by atoms with Crippen molar-refractivity contribution in [2.24, 2.45) is 0 Å². The second-order valence-corrected chi connectivity index (χ2v) is 7.96. The van der Waals surface area contributed by atoms with Crippen LogP contribution in [0.4, 0.5) is 10.1 Å². The second-order valence-electron chi connectivity index (χ2n) is 7.96. The lowest BCUT2D eigenvalue weighted by Crippen LogP contribution is -2.49. The maximum atomic E-state index is 13.1. The Kier molecular flexibility index (Phi) is 6.37. The Balaban J connectivity index is 1.63. The van der Waals surface area contributed by atoms with E-state index in [1.165, 1.54) is 12.1 Å². The number of halogens is 1. The van der Waals surface area contributed by atoms with Gasteiger partial charge in [-0.3, -0.25) is 9.48 Å². The number of carbonyl (C=O) groups excluding carboxylic acids is 1. The third-order valence-corrected chi connectivity index (χ3v) is 5.65. The molecule has 0 radical (unpaired) electrons. The van der Waals surface area contributed by atoms with Gasteiger partial charge in [0.25, 0.3) is 0 Å². The highest BCUT2D eigenvalue weighted by molar-refractivity contribution is 5.76. The van der Waals surface area contributed by atoms with Crippen LogP contribution in [-0.2, 0) is 11.3 Å². The van der Waals surface area contributed by atoms with Gasteiger partial charge in [0.05, 0.1) is 5.69 Å². The molecule has 1 saturated heterocycles. The molecule has 1 aliphatic rings. The highest BCUT2D eigenvalue weighted by atomic mass is 19.1. The fourth-order valence-corrected chi connectivity index (χ4v) is 3.56. The Bertz CT molecular complexity index is 791. The first-order chi connectivity index (χ1) is 13.4. The first kappa shape index (κ1) is 20.4. The molecule has 0 bridgehead atoms. The van der Waals surface area contributed by atoms with Crippen molar-refractivity contribution in [1.29, 1.82) is 0 Å². The van der Waals surface area contributed by atoms with Crippen molar-refractivity contribution in [2.45, 2.75) is 52.5 Å². The van der Waals surface area contributed by atoms with E-state index in [9.17, 15) is 9.18 Å². The summed E-state index contributed by atoms with van der Waals surface area (Å²) < 4.78 is 15.0. The minimum absolute atomic E-state index is 0.113. The maximum Gasteiger partial charge on any atom is 0.244 e. The maximum absolute atomic E-state index is 13.1. The fourth-order valence-electron chi connectivity index (χ4n) is 3.56. The topological polar surface area (TPSA) is 41.4 Å². The van der Waals surface area contributed by atoms with Crippen molar-refractivity contribution in [3.05, 3.63) is 47.5 Å². The third-order valence-electron chi connectivity index (χ3n) is 5.65. The average molecular weight is 387 g/mol. The molecule has 28 heavy (non-hydrogen) atoms. The van der Waals surface area contributed by atoms with Crippen molar-refractivity contribution in [3.63, 3.8) is 0 Å². The molecule has 1 amide bonds. The van der Waals surface area contributed by atoms with E-state index >= 15 is 0 Å². The summed E-state index contributed by atoms with van der Waals surface area (Å²) in [5, 5.41) is 4.71. The van der Waals surface area contributed by atoms with Gasteiger partial charge in [-0.2, -0.15) is 5.10 Å². The molecule has 0 N–H and O–H groups in total. The van der Waals surface area contributed by atoms with E-state index in [0.717, 1.165) is 36.6 Å². The number of anilines is 1. The van der Waals surface area contributed by atoms with Crippen LogP contribution in [0.25, 0.3) is 0 Å². The molecule has 1 aromatic carbocycles. The van der Waals surface area contributed by atoms with Gasteiger partial charge in [-0.05, 0) is 48.6 Å². The Labute approximate surface area is 167 Å². The number of aromatic nitrogens is 2. The van der Waals surface area contributed by atoms with Gasteiger partial charge in [0, 0.05) is 37.6 Å². The molecule has 1 aliphatic heterocycles. The molecule has 0 saturated carbocycles. The first-order valence-corrected chi connectivity index (χ1v) is 10.2. The molecule has 5 nitrogen and oxygen atoms in total. The van der Waals surface area contributed by atoms with Crippen molar-refractivity contribution >= 4 is 11.6 Å². The highest BCUT2D eigenvalue weighted by Crippen LogP contribution is 2.24. The van der Waals surface area contributed by atoms with Crippen LogP contribution in [0.3, 0.4) is 0 Å². The lowest BCUT2D eigenvalue weighted by atomic mass is 10.0. The summed E-state index contributed by atoms with van der Waals surface area (Å²) in [6, 6.07) is 8.70. The number of benzene rings is 1. The van der Waals surface area contributed by atoms with Crippen LogP contribution >= 0.6 is 0 Å². The van der Waals surface area contributed by atoms with Gasteiger partial charge in [0.15, 0.2) is 0 Å². The van der Waals surface area contributed by atoms with Gasteiger partial charge < -0.3 is 9.80 Å². The standard InChI is InChI=1S/C22H31FN4O/c1-5-17(4)21-14-20(16(2)3)24-27(21)15-22(28)26-12-10-25(11-13-26)19-8-6-18(23)7-9-19/h6-9,14,16-17H,5,10-13,15H2,1-4H3. The van der Waals surface area contributed by atoms with Crippen LogP contribution in [0.5, 0.6) is 0 Å². The Morgan fingerprint density at radius 2 is 1.75 bits per heavy atom. The smallest absolute Gasteiger partial charge is 0.244 e. The number of nitrogens with zero attached hydrogens (tertiary/aromatic N) is 4. The monoisotopic (exact) mass is 386 g/mol. The largest absolute Gasteiger partial charge is 0.368 e. The molecule has 0 spiro atoms. The zero-order chi connectivity index (χ0) is 20.3. The van der Waals surface area contributed by atoms with E-state index < -0.39 is 0 Å². The normalized spacial score (nSPS) is 15.9. The van der Waals surface area contributed by atoms with E-state index in [0.29, 0.717) is 31.5 Å². The summed E-state index contributed by atoms with van der Waals surface area (Å²) in [4.78, 5) is 17.0. The van der Waals surface area contributed by atoms with Gasteiger partial charge >= 0.3 is 0 Å². The molecule has 2 heterocycles. The molecule has 1 aromatic heterocycles. The molecule has 0 aliphatic carbocycles. The first-order valence-electron chi connectivity index (χ1n) is 10.2. The van der Waals surface area contributed by atoms with Gasteiger partial charge in [0.1, 0.15) is 12.4 Å². The van der Waals surface area contributed by atoms with Gasteiger partial charge in [-0.15, -0.1) is 0 Å². The van der Waals surface area contributed by atoms with E-state index in [2.05, 4.69) is 38.7 Å². The zero-order valence-corrected chi connectivity index (χ0v) is 17.4. The van der Waals surface area contributed by atoms with Crippen molar-refractivity contribution in [3.8, 4) is 0 Å². The van der Waals surface area contributed by atoms with Gasteiger partial charge in [-0.25, -0.2) is 4.39 Å². The number of rotatable bonds is 6. The van der Waals surface area contributed by atoms with Crippen LogP contribution < -0.4 is 4.90 Å². The SMILES string of the molecule is CCC(C)c1cc(C(C)C)nn1CC(=O)N1CCN(c2ccc(F)cc2)CC1. The summed E-state index contributed by atoms with van der Waals surface area (Å²) >= 11 is 0. The third kappa shape index (κ3) is 4.54. The molecular weight excluding hydrogens is 355 g/mol. The van der Waals surface area contributed by atoms with Crippen molar-refractivity contribution < 1.29 is 9.18 Å². The molecular formula is C22H31FN4O. The van der Waals surface area contributed by atoms with E-state index in [-0.39, 0.29) is 11.7 Å². The lowest BCUT2D eigenvalue weighted by molar-refractivity contribution is -0.132. The summed E-state index contributed by atoms with van der Waals surface area (Å²) in [5.41, 5.74) is 3.19. The second kappa shape index (κ2) is 8.76. The predicted octanol–water partition coefficient (Wildman–Crippen LogP) is 4.01. The van der Waals surface area contributed by atoms with Gasteiger partial charge in [0.2, 0.25) is 5.91 Å². The number of hydrogen-bond acceptors (Lipinski definition) is 3. The highest BCUT2D eigenvalue weighted by Gasteiger charge is 2.23. The Morgan fingerprint density at radius 1 is 1.11 bits per heavy atom. The minimum atomic E-state index is -0.227. The number of piperazine rings is 1. The van der Waals surface area contributed by atoms with Crippen LogP contribution in [0.1, 0.15) is 57.3 Å². The molecule has 152 valence electrons. The molecule has 1 fully saturated rings. The Hall–Kier alpha value is -2.37. The minimum Gasteiger partial charge on any atom is -0.368 e. The van der Waals surface area contributed by atoms with Crippen LogP contribution in [0.2, 0.25) is 0 Å². The van der Waals surface area contributed by atoms with Crippen LogP contribution in [-0.4, -0.2) is 46.8 Å². The Morgan fingerprint density at radius 3 is 2.32 bits per heavy atom.